The lowest BCUT2D eigenvalue weighted by Gasteiger charge is -2.15. The molecule has 0 amide bonds. The Morgan fingerprint density at radius 2 is 2.46 bits per heavy atom. The van der Waals surface area contributed by atoms with Crippen molar-refractivity contribution in [1.29, 1.82) is 0 Å². The summed E-state index contributed by atoms with van der Waals surface area (Å²) in [6, 6.07) is 0. The van der Waals surface area contributed by atoms with Gasteiger partial charge in [-0.1, -0.05) is 5.16 Å². The van der Waals surface area contributed by atoms with Crippen LogP contribution in [-0.4, -0.2) is 23.4 Å². The van der Waals surface area contributed by atoms with Crippen LogP contribution in [0.4, 0.5) is 0 Å². The van der Waals surface area contributed by atoms with Gasteiger partial charge in [0.25, 0.3) is 0 Å². The van der Waals surface area contributed by atoms with Gasteiger partial charge >= 0.3 is 0 Å². The summed E-state index contributed by atoms with van der Waals surface area (Å²) in [7, 11) is 0. The highest BCUT2D eigenvalue weighted by Crippen LogP contribution is 2.30. The molecule has 1 fully saturated rings. The van der Waals surface area contributed by atoms with Gasteiger partial charge in [-0.15, -0.1) is 0 Å². The molecule has 72 valence electrons. The lowest BCUT2D eigenvalue weighted by atomic mass is 9.89. The van der Waals surface area contributed by atoms with Crippen LogP contribution in [0.2, 0.25) is 0 Å². The van der Waals surface area contributed by atoms with E-state index < -0.39 is 0 Å². The quantitative estimate of drug-likeness (QED) is 0.709. The van der Waals surface area contributed by atoms with Crippen molar-refractivity contribution in [2.24, 2.45) is 5.73 Å². The van der Waals surface area contributed by atoms with Crippen molar-refractivity contribution < 1.29 is 9.26 Å². The van der Waals surface area contributed by atoms with Crippen LogP contribution in [0.1, 0.15) is 25.1 Å². The monoisotopic (exact) mass is 183 g/mol. The summed E-state index contributed by atoms with van der Waals surface area (Å²) in [5.41, 5.74) is 5.29. The number of rotatable bonds is 2. The largest absolute Gasteiger partial charge is 0.380 e. The maximum absolute atomic E-state index is 5.38. The maximum Gasteiger partial charge on any atom is 0.240 e. The van der Waals surface area contributed by atoms with Crippen molar-refractivity contribution in [3.05, 3.63) is 11.7 Å². The van der Waals surface area contributed by atoms with E-state index in [-0.39, 0.29) is 5.41 Å². The molecule has 5 nitrogen and oxygen atoms in total. The second-order valence-corrected chi connectivity index (χ2v) is 3.58. The molecule has 1 aromatic heterocycles. The van der Waals surface area contributed by atoms with Crippen LogP contribution in [0.3, 0.4) is 0 Å². The van der Waals surface area contributed by atoms with Gasteiger partial charge in [-0.2, -0.15) is 4.98 Å². The van der Waals surface area contributed by atoms with Gasteiger partial charge in [-0.3, -0.25) is 0 Å². The lowest BCUT2D eigenvalue weighted by molar-refractivity contribution is 0.178. The zero-order valence-corrected chi connectivity index (χ0v) is 7.62. The van der Waals surface area contributed by atoms with Gasteiger partial charge in [0.2, 0.25) is 5.89 Å². The predicted octanol–water partition coefficient (Wildman–Crippen LogP) is 0.206. The molecule has 1 aromatic rings. The van der Waals surface area contributed by atoms with Crippen LogP contribution in [-0.2, 0) is 16.7 Å². The van der Waals surface area contributed by atoms with Crippen molar-refractivity contribution in [3.63, 3.8) is 0 Å². The zero-order chi connectivity index (χ0) is 9.31. The summed E-state index contributed by atoms with van der Waals surface area (Å²) in [5, 5.41) is 3.89. The van der Waals surface area contributed by atoms with Gasteiger partial charge in [0, 0.05) is 6.61 Å². The van der Waals surface area contributed by atoms with E-state index in [1.807, 2.05) is 0 Å². The van der Waals surface area contributed by atoms with Gasteiger partial charge in [0.15, 0.2) is 5.82 Å². The molecule has 2 N–H and O–H groups in total. The fourth-order valence-electron chi connectivity index (χ4n) is 1.43. The summed E-state index contributed by atoms with van der Waals surface area (Å²) in [6.07, 6.45) is 0.941. The summed E-state index contributed by atoms with van der Waals surface area (Å²) >= 11 is 0. The molecule has 1 unspecified atom stereocenters. The minimum Gasteiger partial charge on any atom is -0.380 e. The van der Waals surface area contributed by atoms with E-state index >= 15 is 0 Å². The summed E-state index contributed by atoms with van der Waals surface area (Å²) < 4.78 is 10.3. The highest BCUT2D eigenvalue weighted by Gasteiger charge is 2.36. The number of ether oxygens (including phenoxy) is 1. The third-order valence-corrected chi connectivity index (χ3v) is 2.40. The Morgan fingerprint density at radius 3 is 3.00 bits per heavy atom. The van der Waals surface area contributed by atoms with Gasteiger partial charge in [0.1, 0.15) is 0 Å². The number of nitrogens with zero attached hydrogens (tertiary/aromatic N) is 2. The molecule has 2 heterocycles. The molecule has 13 heavy (non-hydrogen) atoms. The Morgan fingerprint density at radius 1 is 1.62 bits per heavy atom. The molecule has 5 heteroatoms. The molecule has 2 rings (SSSR count). The lowest BCUT2D eigenvalue weighted by Crippen LogP contribution is -2.23. The standard InChI is InChI=1S/C8H13N3O2/c1-8(2-3-12-5-8)7-10-6(4-9)13-11-7/h2-5,9H2,1H3. The van der Waals surface area contributed by atoms with E-state index in [1.165, 1.54) is 0 Å². The van der Waals surface area contributed by atoms with Crippen molar-refractivity contribution >= 4 is 0 Å². The minimum absolute atomic E-state index is 0.0864. The topological polar surface area (TPSA) is 74.2 Å². The van der Waals surface area contributed by atoms with Crippen molar-refractivity contribution in [2.75, 3.05) is 13.2 Å². The van der Waals surface area contributed by atoms with Gasteiger partial charge in [0.05, 0.1) is 18.6 Å². The van der Waals surface area contributed by atoms with Gasteiger partial charge in [-0.05, 0) is 13.3 Å². The first-order chi connectivity index (χ1) is 6.24. The number of hydrogen-bond donors (Lipinski definition) is 1. The SMILES string of the molecule is CC1(c2noc(CN)n2)CCOC1. The summed E-state index contributed by atoms with van der Waals surface area (Å²) in [6.45, 7) is 3.80. The molecule has 1 aliphatic heterocycles. The first-order valence-electron chi connectivity index (χ1n) is 4.35. The molecule has 1 aliphatic rings. The average Bonchev–Trinajstić information content (AvgIpc) is 2.72. The average molecular weight is 183 g/mol. The molecule has 0 aliphatic carbocycles. The van der Waals surface area contributed by atoms with Crippen molar-refractivity contribution in [1.82, 2.24) is 10.1 Å². The fourth-order valence-corrected chi connectivity index (χ4v) is 1.43. The Balaban J connectivity index is 2.23. The highest BCUT2D eigenvalue weighted by atomic mass is 16.5. The van der Waals surface area contributed by atoms with Gasteiger partial charge in [-0.25, -0.2) is 0 Å². The Labute approximate surface area is 76.3 Å². The van der Waals surface area contributed by atoms with Crippen molar-refractivity contribution in [2.45, 2.75) is 25.3 Å². The van der Waals surface area contributed by atoms with Gasteiger partial charge < -0.3 is 15.0 Å². The van der Waals surface area contributed by atoms with Crippen molar-refractivity contribution in [3.8, 4) is 0 Å². The molecule has 0 aromatic carbocycles. The second kappa shape index (κ2) is 3.08. The molecule has 1 saturated heterocycles. The van der Waals surface area contributed by atoms with Crippen LogP contribution in [0, 0.1) is 0 Å². The molecule has 0 saturated carbocycles. The number of hydrogen-bond acceptors (Lipinski definition) is 5. The Hall–Kier alpha value is -0.940. The molecule has 0 bridgehead atoms. The molecule has 1 atom stereocenters. The predicted molar refractivity (Wildman–Crippen MR) is 45.0 cm³/mol. The van der Waals surface area contributed by atoms with E-state index in [0.29, 0.717) is 24.9 Å². The van der Waals surface area contributed by atoms with E-state index in [0.717, 1.165) is 13.0 Å². The second-order valence-electron chi connectivity index (χ2n) is 3.58. The van der Waals surface area contributed by atoms with E-state index in [4.69, 9.17) is 15.0 Å². The maximum atomic E-state index is 5.38. The third-order valence-electron chi connectivity index (χ3n) is 2.40. The third kappa shape index (κ3) is 1.45. The fraction of sp³-hybridized carbons (Fsp3) is 0.750. The Kier molecular flexibility index (Phi) is 2.05. The van der Waals surface area contributed by atoms with Crippen LogP contribution >= 0.6 is 0 Å². The number of aromatic nitrogens is 2. The molecular weight excluding hydrogens is 170 g/mol. The van der Waals surface area contributed by atoms with E-state index in [1.54, 1.807) is 0 Å². The smallest absolute Gasteiger partial charge is 0.240 e. The van der Waals surface area contributed by atoms with E-state index in [2.05, 4.69) is 17.1 Å². The molecule has 0 radical (unpaired) electrons. The Bertz CT molecular complexity index is 291. The van der Waals surface area contributed by atoms with E-state index in [9.17, 15) is 0 Å². The first-order valence-corrected chi connectivity index (χ1v) is 4.35. The van der Waals surface area contributed by atoms with Crippen LogP contribution in [0.15, 0.2) is 4.52 Å². The van der Waals surface area contributed by atoms with Crippen LogP contribution in [0.5, 0.6) is 0 Å². The zero-order valence-electron chi connectivity index (χ0n) is 7.62. The van der Waals surface area contributed by atoms with Crippen LogP contribution < -0.4 is 5.73 Å². The minimum atomic E-state index is -0.0864. The summed E-state index contributed by atoms with van der Waals surface area (Å²) in [5.74, 6) is 1.20. The highest BCUT2D eigenvalue weighted by molar-refractivity contribution is 5.06. The number of nitrogens with two attached hydrogens (primary N) is 1. The summed E-state index contributed by atoms with van der Waals surface area (Å²) in [4.78, 5) is 4.20. The molecular formula is C8H13N3O2. The molecule has 0 spiro atoms. The first kappa shape index (κ1) is 8.65. The normalized spacial score (nSPS) is 28.2. The van der Waals surface area contributed by atoms with Crippen LogP contribution in [0.25, 0.3) is 0 Å².